The topological polar surface area (TPSA) is 29.4 Å². The second-order valence-electron chi connectivity index (χ2n) is 4.45. The van der Waals surface area contributed by atoms with E-state index in [4.69, 9.17) is 0 Å². The zero-order valence-corrected chi connectivity index (χ0v) is 9.48. The summed E-state index contributed by atoms with van der Waals surface area (Å²) in [6.07, 6.45) is 9.39. The van der Waals surface area contributed by atoms with Crippen LogP contribution in [0.25, 0.3) is 0 Å². The lowest BCUT2D eigenvalue weighted by Crippen LogP contribution is -1.97. The van der Waals surface area contributed by atoms with Gasteiger partial charge in [0.2, 0.25) is 6.08 Å². The van der Waals surface area contributed by atoms with Gasteiger partial charge in [0.05, 0.1) is 5.69 Å². The number of isocyanates is 1. The predicted octanol–water partition coefficient (Wildman–Crippen LogP) is 4.09. The molecule has 0 radical (unpaired) electrons. The summed E-state index contributed by atoms with van der Waals surface area (Å²) >= 11 is 0. The van der Waals surface area contributed by atoms with Gasteiger partial charge in [-0.05, 0) is 30.4 Å². The second-order valence-corrected chi connectivity index (χ2v) is 4.45. The molecule has 16 heavy (non-hydrogen) atoms. The highest BCUT2D eigenvalue weighted by Crippen LogP contribution is 2.36. The highest BCUT2D eigenvalue weighted by atomic mass is 16.1. The summed E-state index contributed by atoms with van der Waals surface area (Å²) in [6.45, 7) is 0. The van der Waals surface area contributed by atoms with Crippen molar-refractivity contribution >= 4 is 11.8 Å². The summed E-state index contributed by atoms with van der Waals surface area (Å²) in [5.74, 6) is 0.579. The molecule has 1 aromatic rings. The first kappa shape index (κ1) is 11.1. The highest BCUT2D eigenvalue weighted by molar-refractivity contribution is 5.54. The average Bonchev–Trinajstić information content (AvgIpc) is 2.59. The Hall–Kier alpha value is -1.40. The van der Waals surface area contributed by atoms with E-state index in [1.807, 2.05) is 18.2 Å². The van der Waals surface area contributed by atoms with E-state index < -0.39 is 0 Å². The zero-order chi connectivity index (χ0) is 11.2. The first-order chi connectivity index (χ1) is 7.92. The smallest absolute Gasteiger partial charge is 0.211 e. The monoisotopic (exact) mass is 215 g/mol. The lowest BCUT2D eigenvalue weighted by molar-refractivity contribution is 0.564. The summed E-state index contributed by atoms with van der Waals surface area (Å²) in [5.41, 5.74) is 2.04. The van der Waals surface area contributed by atoms with Crippen LogP contribution in [0, 0.1) is 0 Å². The summed E-state index contributed by atoms with van der Waals surface area (Å²) in [4.78, 5) is 14.2. The van der Waals surface area contributed by atoms with E-state index in [0.29, 0.717) is 5.92 Å². The van der Waals surface area contributed by atoms with Crippen molar-refractivity contribution in [2.24, 2.45) is 4.99 Å². The van der Waals surface area contributed by atoms with Crippen LogP contribution in [0.2, 0.25) is 0 Å². The van der Waals surface area contributed by atoms with E-state index in [1.54, 1.807) is 6.08 Å². The maximum Gasteiger partial charge on any atom is 0.240 e. The number of aliphatic imine (C=N–C) groups is 1. The number of rotatable bonds is 2. The third-order valence-corrected chi connectivity index (χ3v) is 3.40. The van der Waals surface area contributed by atoms with Gasteiger partial charge in [-0.2, -0.15) is 4.99 Å². The minimum absolute atomic E-state index is 0.579. The number of hydrogen-bond acceptors (Lipinski definition) is 2. The van der Waals surface area contributed by atoms with Crippen LogP contribution in [-0.2, 0) is 4.79 Å². The van der Waals surface area contributed by atoms with Gasteiger partial charge in [-0.25, -0.2) is 4.79 Å². The average molecular weight is 215 g/mol. The van der Waals surface area contributed by atoms with Crippen molar-refractivity contribution in [2.45, 2.75) is 44.4 Å². The molecule has 2 heteroatoms. The van der Waals surface area contributed by atoms with E-state index in [9.17, 15) is 4.79 Å². The molecule has 1 fully saturated rings. The number of nitrogens with zero attached hydrogens (tertiary/aromatic N) is 1. The van der Waals surface area contributed by atoms with Gasteiger partial charge in [-0.3, -0.25) is 0 Å². The molecular weight excluding hydrogens is 198 g/mol. The van der Waals surface area contributed by atoms with Crippen molar-refractivity contribution in [1.29, 1.82) is 0 Å². The molecule has 0 saturated heterocycles. The zero-order valence-electron chi connectivity index (χ0n) is 9.48. The highest BCUT2D eigenvalue weighted by Gasteiger charge is 2.16. The maximum atomic E-state index is 10.4. The molecule has 0 atom stereocenters. The quantitative estimate of drug-likeness (QED) is 0.415. The maximum absolute atomic E-state index is 10.4. The molecule has 1 aromatic carbocycles. The summed E-state index contributed by atoms with van der Waals surface area (Å²) in [6, 6.07) is 7.97. The van der Waals surface area contributed by atoms with Crippen molar-refractivity contribution in [1.82, 2.24) is 0 Å². The molecule has 0 N–H and O–H groups in total. The Bertz CT molecular complexity index is 385. The van der Waals surface area contributed by atoms with Crippen molar-refractivity contribution in [3.05, 3.63) is 29.8 Å². The molecular formula is C14H17NO. The molecule has 2 rings (SSSR count). The Labute approximate surface area is 96.4 Å². The largest absolute Gasteiger partial charge is 0.240 e. The minimum Gasteiger partial charge on any atom is -0.211 e. The molecule has 0 heterocycles. The van der Waals surface area contributed by atoms with Gasteiger partial charge in [0.25, 0.3) is 0 Å². The Kier molecular flexibility index (Phi) is 3.90. The van der Waals surface area contributed by atoms with Gasteiger partial charge in [0, 0.05) is 0 Å². The van der Waals surface area contributed by atoms with Gasteiger partial charge >= 0.3 is 0 Å². The SMILES string of the molecule is O=C=Nc1ccccc1C1CCCCCC1. The van der Waals surface area contributed by atoms with Crippen molar-refractivity contribution in [3.8, 4) is 0 Å². The Balaban J connectivity index is 2.26. The Morgan fingerprint density at radius 3 is 2.44 bits per heavy atom. The molecule has 0 unspecified atom stereocenters. The minimum atomic E-state index is 0.579. The van der Waals surface area contributed by atoms with Crippen molar-refractivity contribution in [2.75, 3.05) is 0 Å². The van der Waals surface area contributed by atoms with E-state index in [2.05, 4.69) is 11.1 Å². The molecule has 1 aliphatic rings. The molecule has 84 valence electrons. The molecule has 1 saturated carbocycles. The van der Waals surface area contributed by atoms with E-state index in [-0.39, 0.29) is 0 Å². The Morgan fingerprint density at radius 2 is 1.75 bits per heavy atom. The Morgan fingerprint density at radius 1 is 1.06 bits per heavy atom. The van der Waals surface area contributed by atoms with Crippen LogP contribution in [-0.4, -0.2) is 6.08 Å². The number of hydrogen-bond donors (Lipinski definition) is 0. The van der Waals surface area contributed by atoms with Crippen LogP contribution in [0.15, 0.2) is 29.3 Å². The molecule has 2 nitrogen and oxygen atoms in total. The predicted molar refractivity (Wildman–Crippen MR) is 64.7 cm³/mol. The fourth-order valence-electron chi connectivity index (χ4n) is 2.57. The van der Waals surface area contributed by atoms with E-state index in [1.165, 1.54) is 44.1 Å². The molecule has 0 amide bonds. The standard InChI is InChI=1S/C14H17NO/c16-11-15-14-10-6-5-9-13(14)12-7-3-1-2-4-8-12/h5-6,9-10,12H,1-4,7-8H2. The third-order valence-electron chi connectivity index (χ3n) is 3.40. The van der Waals surface area contributed by atoms with E-state index >= 15 is 0 Å². The normalized spacial score (nSPS) is 17.5. The lowest BCUT2D eigenvalue weighted by Gasteiger charge is -2.15. The van der Waals surface area contributed by atoms with Gasteiger partial charge in [-0.15, -0.1) is 0 Å². The third kappa shape index (κ3) is 2.59. The van der Waals surface area contributed by atoms with Crippen LogP contribution in [0.1, 0.15) is 50.0 Å². The molecule has 0 aromatic heterocycles. The van der Waals surface area contributed by atoms with E-state index in [0.717, 1.165) is 5.69 Å². The second kappa shape index (κ2) is 5.62. The van der Waals surface area contributed by atoms with Crippen molar-refractivity contribution in [3.63, 3.8) is 0 Å². The van der Waals surface area contributed by atoms with Crippen LogP contribution in [0.3, 0.4) is 0 Å². The molecule has 0 spiro atoms. The van der Waals surface area contributed by atoms with Crippen LogP contribution < -0.4 is 0 Å². The molecule has 0 aliphatic heterocycles. The van der Waals surface area contributed by atoms with Gasteiger partial charge < -0.3 is 0 Å². The first-order valence-corrected chi connectivity index (χ1v) is 6.08. The fourth-order valence-corrected chi connectivity index (χ4v) is 2.57. The number of benzene rings is 1. The number of para-hydroxylation sites is 1. The van der Waals surface area contributed by atoms with Crippen LogP contribution in [0.4, 0.5) is 5.69 Å². The fraction of sp³-hybridized carbons (Fsp3) is 0.500. The van der Waals surface area contributed by atoms with Crippen molar-refractivity contribution < 1.29 is 4.79 Å². The first-order valence-electron chi connectivity index (χ1n) is 6.08. The lowest BCUT2D eigenvalue weighted by atomic mass is 9.90. The van der Waals surface area contributed by atoms with Gasteiger partial charge in [-0.1, -0.05) is 43.9 Å². The van der Waals surface area contributed by atoms with Crippen LogP contribution >= 0.6 is 0 Å². The van der Waals surface area contributed by atoms with Gasteiger partial charge in [0.15, 0.2) is 0 Å². The summed E-state index contributed by atoms with van der Waals surface area (Å²) < 4.78 is 0. The molecule has 0 bridgehead atoms. The summed E-state index contributed by atoms with van der Waals surface area (Å²) in [5, 5.41) is 0. The van der Waals surface area contributed by atoms with Crippen LogP contribution in [0.5, 0.6) is 0 Å². The molecule has 1 aliphatic carbocycles. The number of carbonyl (C=O) groups excluding carboxylic acids is 1. The van der Waals surface area contributed by atoms with Gasteiger partial charge in [0.1, 0.15) is 0 Å². The summed E-state index contributed by atoms with van der Waals surface area (Å²) in [7, 11) is 0.